The summed E-state index contributed by atoms with van der Waals surface area (Å²) < 4.78 is 1.58. The van der Waals surface area contributed by atoms with Gasteiger partial charge in [0.05, 0.1) is 11.4 Å². The molecule has 1 heterocycles. The second-order valence-electron chi connectivity index (χ2n) is 4.80. The van der Waals surface area contributed by atoms with Crippen LogP contribution >= 0.6 is 23.1 Å². The van der Waals surface area contributed by atoms with E-state index in [0.29, 0.717) is 22.0 Å². The summed E-state index contributed by atoms with van der Waals surface area (Å²) in [4.78, 5) is 24.9. The second kappa shape index (κ2) is 6.30. The van der Waals surface area contributed by atoms with Gasteiger partial charge in [-0.25, -0.2) is 0 Å². The Kier molecular flexibility index (Phi) is 4.22. The van der Waals surface area contributed by atoms with Gasteiger partial charge < -0.3 is 0 Å². The summed E-state index contributed by atoms with van der Waals surface area (Å²) in [5.41, 5.74) is 1.39. The minimum absolute atomic E-state index is 0.161. The summed E-state index contributed by atoms with van der Waals surface area (Å²) in [6.45, 7) is 0.470. The van der Waals surface area contributed by atoms with Crippen LogP contribution in [0.2, 0.25) is 5.02 Å². The predicted octanol–water partition coefficient (Wildman–Crippen LogP) is 3.84. The van der Waals surface area contributed by atoms with Crippen LogP contribution in [0.3, 0.4) is 0 Å². The van der Waals surface area contributed by atoms with Crippen molar-refractivity contribution in [2.24, 2.45) is 0 Å². The lowest BCUT2D eigenvalue weighted by Gasteiger charge is -2.01. The zero-order valence-corrected chi connectivity index (χ0v) is 13.1. The molecule has 0 unspecified atom stereocenters. The van der Waals surface area contributed by atoms with Gasteiger partial charge >= 0.3 is 0 Å². The van der Waals surface area contributed by atoms with Gasteiger partial charge in [-0.15, -0.1) is 0 Å². The fraction of sp³-hybridized carbons (Fsp3) is 0.0588. The van der Waals surface area contributed by atoms with Crippen molar-refractivity contribution < 1.29 is 4.79 Å². The van der Waals surface area contributed by atoms with Gasteiger partial charge in [-0.05, 0) is 29.8 Å². The molecular weight excluding hydrogens is 318 g/mol. The molecule has 3 nitrogen and oxygen atoms in total. The highest BCUT2D eigenvalue weighted by Gasteiger charge is 2.14. The lowest BCUT2D eigenvalue weighted by Crippen LogP contribution is -2.12. The molecule has 0 saturated heterocycles. The van der Waals surface area contributed by atoms with Crippen LogP contribution in [0.15, 0.2) is 65.5 Å². The number of carbonyl (C=O) groups excluding carboxylic acids is 1. The van der Waals surface area contributed by atoms with Crippen LogP contribution < -0.4 is 5.56 Å². The number of rotatable bonds is 4. The maximum Gasteiger partial charge on any atom is 0.261 e. The molecule has 110 valence electrons. The topological polar surface area (TPSA) is 39.1 Å². The van der Waals surface area contributed by atoms with E-state index < -0.39 is 0 Å². The molecule has 0 aliphatic rings. The molecule has 0 spiro atoms. The number of aromatic nitrogens is 1. The van der Waals surface area contributed by atoms with Gasteiger partial charge in [0.25, 0.3) is 5.56 Å². The zero-order chi connectivity index (χ0) is 15.5. The van der Waals surface area contributed by atoms with E-state index in [-0.39, 0.29) is 11.3 Å². The SMILES string of the molecule is O=C(c1ccc(Cl)cc1)c1cc(=O)n(Cc2ccccc2)s1. The fourth-order valence-electron chi connectivity index (χ4n) is 2.08. The van der Waals surface area contributed by atoms with Gasteiger partial charge in [0.15, 0.2) is 0 Å². The molecule has 0 atom stereocenters. The molecule has 0 N–H and O–H groups in total. The van der Waals surface area contributed by atoms with Crippen molar-refractivity contribution in [2.45, 2.75) is 6.54 Å². The van der Waals surface area contributed by atoms with Crippen molar-refractivity contribution in [3.63, 3.8) is 0 Å². The van der Waals surface area contributed by atoms with Gasteiger partial charge in [0, 0.05) is 16.7 Å². The van der Waals surface area contributed by atoms with Crippen LogP contribution in [0.4, 0.5) is 0 Å². The second-order valence-corrected chi connectivity index (χ2v) is 6.30. The zero-order valence-electron chi connectivity index (χ0n) is 11.5. The molecule has 0 aliphatic heterocycles. The summed E-state index contributed by atoms with van der Waals surface area (Å²) in [5.74, 6) is -0.162. The highest BCUT2D eigenvalue weighted by molar-refractivity contribution is 7.08. The van der Waals surface area contributed by atoms with Gasteiger partial charge in [-0.2, -0.15) is 0 Å². The minimum atomic E-state index is -0.162. The first-order valence-corrected chi connectivity index (χ1v) is 7.84. The van der Waals surface area contributed by atoms with E-state index in [1.807, 2.05) is 30.3 Å². The quantitative estimate of drug-likeness (QED) is 0.682. The third-order valence-corrected chi connectivity index (χ3v) is 4.49. The third kappa shape index (κ3) is 3.18. The van der Waals surface area contributed by atoms with E-state index in [1.54, 1.807) is 28.2 Å². The smallest absolute Gasteiger partial charge is 0.261 e. The van der Waals surface area contributed by atoms with Crippen molar-refractivity contribution in [3.8, 4) is 0 Å². The first-order valence-electron chi connectivity index (χ1n) is 6.69. The largest absolute Gasteiger partial charge is 0.288 e. The van der Waals surface area contributed by atoms with Crippen molar-refractivity contribution in [1.82, 2.24) is 3.96 Å². The Hall–Kier alpha value is -2.17. The fourth-order valence-corrected chi connectivity index (χ4v) is 3.16. The third-order valence-electron chi connectivity index (χ3n) is 3.21. The van der Waals surface area contributed by atoms with Gasteiger partial charge in [-0.3, -0.25) is 13.5 Å². The molecule has 3 aromatic rings. The van der Waals surface area contributed by atoms with Crippen LogP contribution in [0.5, 0.6) is 0 Å². The van der Waals surface area contributed by atoms with Crippen molar-refractivity contribution in [2.75, 3.05) is 0 Å². The van der Waals surface area contributed by atoms with Gasteiger partial charge in [0.2, 0.25) is 5.78 Å². The molecule has 1 aromatic heterocycles. The van der Waals surface area contributed by atoms with E-state index >= 15 is 0 Å². The molecule has 0 saturated carbocycles. The summed E-state index contributed by atoms with van der Waals surface area (Å²) in [7, 11) is 0. The number of hydrogen-bond donors (Lipinski definition) is 0. The number of carbonyl (C=O) groups is 1. The van der Waals surface area contributed by atoms with Crippen molar-refractivity contribution >= 4 is 28.9 Å². The Morgan fingerprint density at radius 2 is 1.73 bits per heavy atom. The van der Waals surface area contributed by atoms with Crippen molar-refractivity contribution in [3.05, 3.63) is 92.0 Å². The Morgan fingerprint density at radius 3 is 2.41 bits per heavy atom. The minimum Gasteiger partial charge on any atom is -0.288 e. The Morgan fingerprint density at radius 1 is 1.05 bits per heavy atom. The van der Waals surface area contributed by atoms with E-state index in [2.05, 4.69) is 0 Å². The van der Waals surface area contributed by atoms with Crippen LogP contribution in [-0.4, -0.2) is 9.74 Å². The Balaban J connectivity index is 1.87. The lowest BCUT2D eigenvalue weighted by atomic mass is 10.1. The maximum atomic E-state index is 12.4. The summed E-state index contributed by atoms with van der Waals surface area (Å²) in [6.07, 6.45) is 0. The molecule has 5 heteroatoms. The summed E-state index contributed by atoms with van der Waals surface area (Å²) >= 11 is 7.00. The maximum absolute atomic E-state index is 12.4. The highest BCUT2D eigenvalue weighted by Crippen LogP contribution is 2.16. The molecule has 2 aromatic carbocycles. The molecule has 0 bridgehead atoms. The van der Waals surface area contributed by atoms with Gasteiger partial charge in [-0.1, -0.05) is 53.5 Å². The average molecular weight is 330 g/mol. The molecule has 0 fully saturated rings. The van der Waals surface area contributed by atoms with Crippen molar-refractivity contribution in [1.29, 1.82) is 0 Å². The van der Waals surface area contributed by atoms with E-state index in [0.717, 1.165) is 5.56 Å². The number of nitrogens with zero attached hydrogens (tertiary/aromatic N) is 1. The Labute approximate surface area is 136 Å². The van der Waals surface area contributed by atoms with Crippen LogP contribution in [0.1, 0.15) is 20.8 Å². The molecular formula is C17H12ClNO2S. The number of hydrogen-bond acceptors (Lipinski definition) is 3. The first kappa shape index (κ1) is 14.8. The highest BCUT2D eigenvalue weighted by atomic mass is 35.5. The van der Waals surface area contributed by atoms with Gasteiger partial charge in [0.1, 0.15) is 0 Å². The predicted molar refractivity (Wildman–Crippen MR) is 89.0 cm³/mol. The molecule has 0 radical (unpaired) electrons. The van der Waals surface area contributed by atoms with E-state index in [1.165, 1.54) is 17.6 Å². The van der Waals surface area contributed by atoms with Crippen LogP contribution in [-0.2, 0) is 6.54 Å². The molecule has 22 heavy (non-hydrogen) atoms. The number of ketones is 1. The normalized spacial score (nSPS) is 10.6. The monoisotopic (exact) mass is 329 g/mol. The number of benzene rings is 2. The van der Waals surface area contributed by atoms with Crippen LogP contribution in [0.25, 0.3) is 0 Å². The molecule has 0 amide bonds. The first-order chi connectivity index (χ1) is 10.6. The van der Waals surface area contributed by atoms with E-state index in [9.17, 15) is 9.59 Å². The average Bonchev–Trinajstić information content (AvgIpc) is 2.89. The molecule has 0 aliphatic carbocycles. The Bertz CT molecular complexity index is 850. The van der Waals surface area contributed by atoms with Crippen LogP contribution in [0, 0.1) is 0 Å². The van der Waals surface area contributed by atoms with E-state index in [4.69, 9.17) is 11.6 Å². The summed E-state index contributed by atoms with van der Waals surface area (Å²) in [5, 5.41) is 0.575. The standard InChI is InChI=1S/C17H12ClNO2S/c18-14-8-6-13(7-9-14)17(21)15-10-16(20)19(22-15)11-12-4-2-1-3-5-12/h1-10H,11H2. The number of halogens is 1. The summed E-state index contributed by atoms with van der Waals surface area (Å²) in [6, 6.07) is 17.7. The lowest BCUT2D eigenvalue weighted by molar-refractivity contribution is 0.104. The molecule has 3 rings (SSSR count).